The third kappa shape index (κ3) is 4.57. The normalized spacial score (nSPS) is 11.3. The molecule has 0 unspecified atom stereocenters. The minimum absolute atomic E-state index is 0.0129. The number of ether oxygens (including phenoxy) is 2. The van der Waals surface area contributed by atoms with E-state index in [1.54, 1.807) is 14.0 Å². The van der Waals surface area contributed by atoms with Crippen molar-refractivity contribution in [3.05, 3.63) is 24.0 Å². The molecule has 0 saturated heterocycles. The second-order valence-electron chi connectivity index (χ2n) is 4.17. The predicted molar refractivity (Wildman–Crippen MR) is 73.4 cm³/mol. The van der Waals surface area contributed by atoms with E-state index in [9.17, 15) is 13.2 Å². The number of hydrogen-bond acceptors (Lipinski definition) is 6. The molecule has 0 aromatic carbocycles. The maximum absolute atomic E-state index is 12.1. The average molecular weight is 301 g/mol. The number of hydrogen-bond donors (Lipinski definition) is 0. The summed E-state index contributed by atoms with van der Waals surface area (Å²) in [7, 11) is -1.93. The van der Waals surface area contributed by atoms with Crippen molar-refractivity contribution in [2.45, 2.75) is 24.7 Å². The lowest BCUT2D eigenvalue weighted by molar-refractivity contribution is 0.0463. The second-order valence-corrected chi connectivity index (χ2v) is 6.25. The fraction of sp³-hybridized carbons (Fsp3) is 0.538. The van der Waals surface area contributed by atoms with Crippen LogP contribution in [0.25, 0.3) is 0 Å². The van der Waals surface area contributed by atoms with Crippen molar-refractivity contribution in [3.63, 3.8) is 0 Å². The van der Waals surface area contributed by atoms with Crippen LogP contribution >= 0.6 is 0 Å². The SMILES string of the molecule is CCCS(=O)(=O)c1ccncc1C(=O)OCCCOC. The molecule has 0 spiro atoms. The summed E-state index contributed by atoms with van der Waals surface area (Å²) in [5.74, 6) is -0.690. The third-order valence-corrected chi connectivity index (χ3v) is 4.51. The molecule has 0 aliphatic carbocycles. The Hall–Kier alpha value is -1.47. The van der Waals surface area contributed by atoms with Crippen LogP contribution in [0.1, 0.15) is 30.1 Å². The predicted octanol–water partition coefficient (Wildman–Crippen LogP) is 1.46. The molecule has 0 bridgehead atoms. The van der Waals surface area contributed by atoms with Crippen molar-refractivity contribution in [2.24, 2.45) is 0 Å². The molecular weight excluding hydrogens is 282 g/mol. The third-order valence-electron chi connectivity index (χ3n) is 2.53. The van der Waals surface area contributed by atoms with E-state index in [-0.39, 0.29) is 22.8 Å². The molecule has 112 valence electrons. The molecule has 7 heteroatoms. The number of carbonyl (C=O) groups excluding carboxylic acids is 1. The van der Waals surface area contributed by atoms with Crippen molar-refractivity contribution < 1.29 is 22.7 Å². The van der Waals surface area contributed by atoms with Crippen LogP contribution in [0, 0.1) is 0 Å². The minimum Gasteiger partial charge on any atom is -0.462 e. The molecule has 0 amide bonds. The summed E-state index contributed by atoms with van der Waals surface area (Å²) in [4.78, 5) is 15.7. The van der Waals surface area contributed by atoms with Gasteiger partial charge in [-0.3, -0.25) is 4.98 Å². The van der Waals surface area contributed by atoms with Crippen molar-refractivity contribution in [1.82, 2.24) is 4.98 Å². The number of nitrogens with zero attached hydrogens (tertiary/aromatic N) is 1. The minimum atomic E-state index is -3.49. The van der Waals surface area contributed by atoms with E-state index in [0.717, 1.165) is 0 Å². The lowest BCUT2D eigenvalue weighted by Crippen LogP contribution is -2.15. The quantitative estimate of drug-likeness (QED) is 0.534. The van der Waals surface area contributed by atoms with Crippen LogP contribution in [0.15, 0.2) is 23.4 Å². The smallest absolute Gasteiger partial charge is 0.341 e. The largest absolute Gasteiger partial charge is 0.462 e. The molecule has 0 radical (unpaired) electrons. The van der Waals surface area contributed by atoms with Gasteiger partial charge in [0.1, 0.15) is 0 Å². The first-order valence-corrected chi connectivity index (χ1v) is 8.01. The summed E-state index contributed by atoms with van der Waals surface area (Å²) >= 11 is 0. The van der Waals surface area contributed by atoms with E-state index in [0.29, 0.717) is 19.4 Å². The molecule has 0 aliphatic heterocycles. The van der Waals surface area contributed by atoms with Crippen LogP contribution in [0.3, 0.4) is 0 Å². The van der Waals surface area contributed by atoms with Gasteiger partial charge in [0.15, 0.2) is 9.84 Å². The number of pyridine rings is 1. The Kier molecular flexibility index (Phi) is 6.60. The molecule has 0 fully saturated rings. The van der Waals surface area contributed by atoms with Gasteiger partial charge in [-0.1, -0.05) is 6.92 Å². The molecule has 1 aromatic rings. The Balaban J connectivity index is 2.88. The first kappa shape index (κ1) is 16.6. The van der Waals surface area contributed by atoms with Crippen LogP contribution in [0.4, 0.5) is 0 Å². The molecule has 1 aromatic heterocycles. The highest BCUT2D eigenvalue weighted by molar-refractivity contribution is 7.91. The van der Waals surface area contributed by atoms with Crippen LogP contribution in [0.2, 0.25) is 0 Å². The Morgan fingerprint density at radius 2 is 2.10 bits per heavy atom. The zero-order chi connectivity index (χ0) is 15.0. The Labute approximate surface area is 119 Å². The fourth-order valence-electron chi connectivity index (χ4n) is 1.63. The van der Waals surface area contributed by atoms with Crippen molar-refractivity contribution in [2.75, 3.05) is 26.1 Å². The van der Waals surface area contributed by atoms with Crippen molar-refractivity contribution >= 4 is 15.8 Å². The van der Waals surface area contributed by atoms with Crippen LogP contribution < -0.4 is 0 Å². The maximum atomic E-state index is 12.1. The van der Waals surface area contributed by atoms with Gasteiger partial charge < -0.3 is 9.47 Å². The monoisotopic (exact) mass is 301 g/mol. The van der Waals surface area contributed by atoms with Crippen molar-refractivity contribution in [3.8, 4) is 0 Å². The molecule has 1 heterocycles. The number of esters is 1. The van der Waals surface area contributed by atoms with Crippen LogP contribution in [-0.2, 0) is 19.3 Å². The standard InChI is InChI=1S/C13H19NO5S/c1-3-9-20(16,17)12-5-6-14-10-11(12)13(15)19-8-4-7-18-2/h5-6,10H,3-4,7-9H2,1-2H3. The lowest BCUT2D eigenvalue weighted by Gasteiger charge is -2.09. The van der Waals surface area contributed by atoms with Gasteiger partial charge in [0.25, 0.3) is 0 Å². The Morgan fingerprint density at radius 3 is 2.75 bits per heavy atom. The topological polar surface area (TPSA) is 82.6 Å². The first-order chi connectivity index (χ1) is 9.53. The van der Waals surface area contributed by atoms with Gasteiger partial charge in [-0.25, -0.2) is 13.2 Å². The van der Waals surface area contributed by atoms with Crippen LogP contribution in [-0.4, -0.2) is 45.4 Å². The molecule has 20 heavy (non-hydrogen) atoms. The second kappa shape index (κ2) is 7.96. The van der Waals surface area contributed by atoms with E-state index in [1.807, 2.05) is 0 Å². The molecule has 1 rings (SSSR count). The van der Waals surface area contributed by atoms with E-state index in [2.05, 4.69) is 4.98 Å². The zero-order valence-electron chi connectivity index (χ0n) is 11.7. The number of carbonyl (C=O) groups is 1. The van der Waals surface area contributed by atoms with Gasteiger partial charge in [-0.05, 0) is 12.5 Å². The average Bonchev–Trinajstić information content (AvgIpc) is 2.43. The number of aromatic nitrogens is 1. The molecule has 6 nitrogen and oxygen atoms in total. The summed E-state index contributed by atoms with van der Waals surface area (Å²) in [5.41, 5.74) is -0.0154. The first-order valence-electron chi connectivity index (χ1n) is 6.35. The molecule has 0 saturated carbocycles. The van der Waals surface area contributed by atoms with Crippen molar-refractivity contribution in [1.29, 1.82) is 0 Å². The number of methoxy groups -OCH3 is 1. The summed E-state index contributed by atoms with van der Waals surface area (Å²) in [6.07, 6.45) is 3.61. The van der Waals surface area contributed by atoms with Gasteiger partial charge in [0.2, 0.25) is 0 Å². The summed E-state index contributed by atoms with van der Waals surface area (Å²) in [5, 5.41) is 0. The van der Waals surface area contributed by atoms with Gasteiger partial charge in [-0.2, -0.15) is 0 Å². The Morgan fingerprint density at radius 1 is 1.35 bits per heavy atom. The highest BCUT2D eigenvalue weighted by Crippen LogP contribution is 2.17. The van der Waals surface area contributed by atoms with E-state index in [1.165, 1.54) is 18.5 Å². The van der Waals surface area contributed by atoms with Gasteiger partial charge >= 0.3 is 5.97 Å². The number of rotatable bonds is 8. The molecule has 0 aliphatic rings. The van der Waals surface area contributed by atoms with Gasteiger partial charge in [-0.15, -0.1) is 0 Å². The van der Waals surface area contributed by atoms with Gasteiger partial charge in [0.05, 0.1) is 22.8 Å². The van der Waals surface area contributed by atoms with Crippen LogP contribution in [0.5, 0.6) is 0 Å². The Bertz CT molecular complexity index is 541. The zero-order valence-corrected chi connectivity index (χ0v) is 12.5. The molecule has 0 atom stereocenters. The van der Waals surface area contributed by atoms with E-state index < -0.39 is 15.8 Å². The van der Waals surface area contributed by atoms with E-state index >= 15 is 0 Å². The highest BCUT2D eigenvalue weighted by Gasteiger charge is 2.22. The highest BCUT2D eigenvalue weighted by atomic mass is 32.2. The fourth-order valence-corrected chi connectivity index (χ4v) is 3.13. The summed E-state index contributed by atoms with van der Waals surface area (Å²) < 4.78 is 34.0. The summed E-state index contributed by atoms with van der Waals surface area (Å²) in [6.45, 7) is 2.41. The summed E-state index contributed by atoms with van der Waals surface area (Å²) in [6, 6.07) is 1.33. The van der Waals surface area contributed by atoms with E-state index in [4.69, 9.17) is 9.47 Å². The molecule has 0 N–H and O–H groups in total. The number of sulfone groups is 1. The maximum Gasteiger partial charge on any atom is 0.341 e. The lowest BCUT2D eigenvalue weighted by atomic mass is 10.3. The molecular formula is C13H19NO5S. The van der Waals surface area contributed by atoms with Gasteiger partial charge in [0, 0.05) is 32.5 Å².